The van der Waals surface area contributed by atoms with Crippen LogP contribution < -0.4 is 5.73 Å². The van der Waals surface area contributed by atoms with Gasteiger partial charge in [0.1, 0.15) is 11.6 Å². The third-order valence-corrected chi connectivity index (χ3v) is 1.66. The predicted octanol–water partition coefficient (Wildman–Crippen LogP) is 1.13. The van der Waals surface area contributed by atoms with Gasteiger partial charge >= 0.3 is 0 Å². The molecule has 4 nitrogen and oxygen atoms in total. The number of carbonyl (C=O) groups excluding carboxylic acids is 1. The van der Waals surface area contributed by atoms with Gasteiger partial charge < -0.3 is 5.73 Å². The number of nitriles is 1. The Kier molecular flexibility index (Phi) is 2.90. The lowest BCUT2D eigenvalue weighted by molar-refractivity contribution is 0.0994. The quantitative estimate of drug-likeness (QED) is 0.751. The maximum Gasteiger partial charge on any atom is 0.266 e. The van der Waals surface area contributed by atoms with Crippen LogP contribution in [0.5, 0.6) is 0 Å². The number of pyridine rings is 1. The van der Waals surface area contributed by atoms with E-state index in [0.717, 1.165) is 0 Å². The van der Waals surface area contributed by atoms with Gasteiger partial charge in [-0.2, -0.15) is 9.65 Å². The number of halogens is 3. The summed E-state index contributed by atoms with van der Waals surface area (Å²) in [6, 6.07) is 1.31. The molecule has 2 N–H and O–H groups in total. The fraction of sp³-hybridized carbons (Fsp3) is 0.125. The molecule has 1 heterocycles. The first kappa shape index (κ1) is 11.0. The zero-order valence-electron chi connectivity index (χ0n) is 7.17. The van der Waals surface area contributed by atoms with E-state index in [-0.39, 0.29) is 0 Å². The second-order valence-electron chi connectivity index (χ2n) is 2.53. The zero-order chi connectivity index (χ0) is 11.6. The van der Waals surface area contributed by atoms with Crippen molar-refractivity contribution in [2.24, 2.45) is 5.73 Å². The van der Waals surface area contributed by atoms with Crippen LogP contribution in [0.3, 0.4) is 0 Å². The van der Waals surface area contributed by atoms with Crippen molar-refractivity contribution in [2.75, 3.05) is 0 Å². The van der Waals surface area contributed by atoms with Gasteiger partial charge in [-0.25, -0.2) is 13.8 Å². The van der Waals surface area contributed by atoms with Crippen LogP contribution in [-0.4, -0.2) is 10.9 Å². The van der Waals surface area contributed by atoms with Gasteiger partial charge in [-0.15, -0.1) is 0 Å². The first-order valence-electron chi connectivity index (χ1n) is 3.65. The minimum absolute atomic E-state index is 0.505. The first-order valence-corrected chi connectivity index (χ1v) is 3.65. The lowest BCUT2D eigenvalue weighted by atomic mass is 10.1. The number of amides is 1. The molecule has 0 aliphatic carbocycles. The van der Waals surface area contributed by atoms with Gasteiger partial charge in [-0.05, 0) is 0 Å². The van der Waals surface area contributed by atoms with E-state index in [1.807, 2.05) is 0 Å². The number of nitrogens with two attached hydrogens (primary N) is 1. The summed E-state index contributed by atoms with van der Waals surface area (Å²) in [7, 11) is 0. The monoisotopic (exact) mass is 215 g/mol. The molecule has 0 aromatic carbocycles. The van der Waals surface area contributed by atoms with Crippen molar-refractivity contribution in [3.8, 4) is 6.07 Å². The predicted molar refractivity (Wildman–Crippen MR) is 42.4 cm³/mol. The zero-order valence-corrected chi connectivity index (χ0v) is 7.17. The SMILES string of the molecule is N#Cc1c(C(F)F)cnc(F)c1C(N)=O. The molecule has 0 atom stereocenters. The summed E-state index contributed by atoms with van der Waals surface area (Å²) < 4.78 is 37.6. The van der Waals surface area contributed by atoms with E-state index < -0.39 is 35.0 Å². The molecule has 1 aromatic rings. The average molecular weight is 215 g/mol. The standard InChI is InChI=1S/C8H4F3N3O/c9-6(10)4-2-14-7(11)5(8(13)15)3(4)1-12/h2,6H,(H2,13,15). The highest BCUT2D eigenvalue weighted by atomic mass is 19.3. The summed E-state index contributed by atoms with van der Waals surface area (Å²) >= 11 is 0. The third kappa shape index (κ3) is 1.88. The summed E-state index contributed by atoms with van der Waals surface area (Å²) in [6.07, 6.45) is -2.52. The summed E-state index contributed by atoms with van der Waals surface area (Å²) in [4.78, 5) is 13.7. The van der Waals surface area contributed by atoms with Crippen LogP contribution in [0.1, 0.15) is 27.9 Å². The van der Waals surface area contributed by atoms with Crippen molar-refractivity contribution >= 4 is 5.91 Å². The average Bonchev–Trinajstić information content (AvgIpc) is 2.15. The maximum absolute atomic E-state index is 12.9. The van der Waals surface area contributed by atoms with Gasteiger partial charge in [-0.3, -0.25) is 4.79 Å². The second kappa shape index (κ2) is 3.96. The molecule has 0 saturated heterocycles. The van der Waals surface area contributed by atoms with Crippen molar-refractivity contribution in [3.05, 3.63) is 28.8 Å². The number of carbonyl (C=O) groups is 1. The molecule has 0 unspecified atom stereocenters. The molecule has 0 spiro atoms. The van der Waals surface area contributed by atoms with Crippen molar-refractivity contribution < 1.29 is 18.0 Å². The van der Waals surface area contributed by atoms with Gasteiger partial charge in [0, 0.05) is 6.20 Å². The Balaban J connectivity index is 3.56. The van der Waals surface area contributed by atoms with Crippen LogP contribution in [0.2, 0.25) is 0 Å². The Morgan fingerprint density at radius 3 is 2.60 bits per heavy atom. The molecule has 0 radical (unpaired) electrons. The minimum atomic E-state index is -3.02. The second-order valence-corrected chi connectivity index (χ2v) is 2.53. The minimum Gasteiger partial charge on any atom is -0.365 e. The molecule has 1 amide bonds. The number of hydrogen-bond acceptors (Lipinski definition) is 3. The molecular formula is C8H4F3N3O. The van der Waals surface area contributed by atoms with Gasteiger partial charge in [0.05, 0.1) is 11.1 Å². The number of rotatable bonds is 2. The molecule has 0 saturated carbocycles. The van der Waals surface area contributed by atoms with Crippen LogP contribution >= 0.6 is 0 Å². The number of hydrogen-bond donors (Lipinski definition) is 1. The van der Waals surface area contributed by atoms with E-state index in [4.69, 9.17) is 11.0 Å². The molecule has 1 aromatic heterocycles. The van der Waals surface area contributed by atoms with E-state index in [1.54, 1.807) is 0 Å². The molecular weight excluding hydrogens is 211 g/mol. The molecule has 0 bridgehead atoms. The van der Waals surface area contributed by atoms with E-state index in [1.165, 1.54) is 6.07 Å². The topological polar surface area (TPSA) is 79.8 Å². The molecule has 7 heteroatoms. The summed E-state index contributed by atoms with van der Waals surface area (Å²) in [5.41, 5.74) is 2.25. The Morgan fingerprint density at radius 2 is 2.20 bits per heavy atom. The smallest absolute Gasteiger partial charge is 0.266 e. The number of alkyl halides is 2. The van der Waals surface area contributed by atoms with E-state index in [2.05, 4.69) is 4.98 Å². The normalized spacial score (nSPS) is 10.1. The van der Waals surface area contributed by atoms with Crippen LogP contribution in [0.4, 0.5) is 13.2 Å². The van der Waals surface area contributed by atoms with Crippen molar-refractivity contribution in [1.29, 1.82) is 5.26 Å². The lowest BCUT2D eigenvalue weighted by Gasteiger charge is -2.05. The number of nitrogens with zero attached hydrogens (tertiary/aromatic N) is 2. The number of primary amides is 1. The van der Waals surface area contributed by atoms with Crippen molar-refractivity contribution in [1.82, 2.24) is 4.98 Å². The maximum atomic E-state index is 12.9. The summed E-state index contributed by atoms with van der Waals surface area (Å²) in [5.74, 6) is -2.64. The Labute approximate surface area is 82.1 Å². The number of aromatic nitrogens is 1. The molecule has 15 heavy (non-hydrogen) atoms. The van der Waals surface area contributed by atoms with Crippen molar-refractivity contribution in [2.45, 2.75) is 6.43 Å². The fourth-order valence-electron chi connectivity index (χ4n) is 1.01. The Hall–Kier alpha value is -2.10. The van der Waals surface area contributed by atoms with Crippen LogP contribution in [0, 0.1) is 17.3 Å². The first-order chi connectivity index (χ1) is 6.99. The van der Waals surface area contributed by atoms with Crippen LogP contribution in [0.25, 0.3) is 0 Å². The molecule has 0 aliphatic rings. The van der Waals surface area contributed by atoms with E-state index in [0.29, 0.717) is 6.20 Å². The Bertz CT molecular complexity index is 453. The van der Waals surface area contributed by atoms with Gasteiger partial charge in [0.2, 0.25) is 5.95 Å². The summed E-state index contributed by atoms with van der Waals surface area (Å²) in [5, 5.41) is 8.54. The molecule has 78 valence electrons. The highest BCUT2D eigenvalue weighted by Gasteiger charge is 2.23. The third-order valence-electron chi connectivity index (χ3n) is 1.66. The molecule has 1 rings (SSSR count). The largest absolute Gasteiger partial charge is 0.365 e. The highest BCUT2D eigenvalue weighted by Crippen LogP contribution is 2.24. The lowest BCUT2D eigenvalue weighted by Crippen LogP contribution is -2.17. The van der Waals surface area contributed by atoms with Gasteiger partial charge in [-0.1, -0.05) is 0 Å². The van der Waals surface area contributed by atoms with Crippen LogP contribution in [0.15, 0.2) is 6.20 Å². The molecule has 0 fully saturated rings. The van der Waals surface area contributed by atoms with E-state index >= 15 is 0 Å². The van der Waals surface area contributed by atoms with Crippen molar-refractivity contribution in [3.63, 3.8) is 0 Å². The van der Waals surface area contributed by atoms with Crippen LogP contribution in [-0.2, 0) is 0 Å². The van der Waals surface area contributed by atoms with E-state index in [9.17, 15) is 18.0 Å². The fourth-order valence-corrected chi connectivity index (χ4v) is 1.01. The van der Waals surface area contributed by atoms with Gasteiger partial charge in [0.25, 0.3) is 12.3 Å². The van der Waals surface area contributed by atoms with Gasteiger partial charge in [0.15, 0.2) is 0 Å². The summed E-state index contributed by atoms with van der Waals surface area (Å²) in [6.45, 7) is 0. The Morgan fingerprint density at radius 1 is 1.60 bits per heavy atom. The molecule has 0 aliphatic heterocycles. The highest BCUT2D eigenvalue weighted by molar-refractivity contribution is 5.95.